The lowest BCUT2D eigenvalue weighted by molar-refractivity contribution is 0.454. The van der Waals surface area contributed by atoms with Crippen LogP contribution >= 0.6 is 0 Å². The number of hydrogen-bond donors (Lipinski definition) is 1. The van der Waals surface area contributed by atoms with Crippen LogP contribution in [0.2, 0.25) is 0 Å². The van der Waals surface area contributed by atoms with Gasteiger partial charge in [0, 0.05) is 0 Å². The summed E-state index contributed by atoms with van der Waals surface area (Å²) >= 11 is 0. The van der Waals surface area contributed by atoms with Crippen molar-refractivity contribution in [2.75, 3.05) is 0 Å². The van der Waals surface area contributed by atoms with Gasteiger partial charge in [0.25, 0.3) is 0 Å². The SMILES string of the molecule is O[B]Oc1cc(-c2ccccc2)cc(-c2ccccc2)c1. The molecule has 0 aromatic heterocycles. The van der Waals surface area contributed by atoms with Gasteiger partial charge in [-0.2, -0.15) is 0 Å². The van der Waals surface area contributed by atoms with Gasteiger partial charge in [0.2, 0.25) is 0 Å². The molecule has 0 heterocycles. The fourth-order valence-electron chi connectivity index (χ4n) is 2.32. The minimum absolute atomic E-state index is 0.609. The monoisotopic (exact) mass is 273 g/mol. The van der Waals surface area contributed by atoms with Gasteiger partial charge in [-0.05, 0) is 40.5 Å². The van der Waals surface area contributed by atoms with Crippen molar-refractivity contribution in [3.05, 3.63) is 78.9 Å². The standard InChI is InChI=1S/C18H14BO2/c20-19-21-18-12-16(14-7-3-1-4-8-14)11-17(13-18)15-9-5-2-6-10-15/h1-13,20H. The molecule has 0 aliphatic heterocycles. The van der Waals surface area contributed by atoms with Crippen LogP contribution in [-0.4, -0.2) is 12.7 Å². The summed E-state index contributed by atoms with van der Waals surface area (Å²) in [6, 6.07) is 26.1. The van der Waals surface area contributed by atoms with Gasteiger partial charge in [0.15, 0.2) is 0 Å². The summed E-state index contributed by atoms with van der Waals surface area (Å²) in [4.78, 5) is 0. The molecule has 0 saturated heterocycles. The highest BCUT2D eigenvalue weighted by Crippen LogP contribution is 2.31. The summed E-state index contributed by atoms with van der Waals surface area (Å²) in [6.45, 7) is 0. The normalized spacial score (nSPS) is 10.1. The zero-order valence-electron chi connectivity index (χ0n) is 11.4. The fourth-order valence-corrected chi connectivity index (χ4v) is 2.32. The predicted octanol–water partition coefficient (Wildman–Crippen LogP) is 3.93. The molecule has 3 aromatic rings. The van der Waals surface area contributed by atoms with Gasteiger partial charge in [-0.15, -0.1) is 0 Å². The first kappa shape index (κ1) is 13.5. The maximum Gasteiger partial charge on any atom is 0.569 e. The van der Waals surface area contributed by atoms with Crippen molar-refractivity contribution in [2.45, 2.75) is 0 Å². The first-order valence-corrected chi connectivity index (χ1v) is 6.75. The molecule has 1 radical (unpaired) electrons. The topological polar surface area (TPSA) is 29.5 Å². The Kier molecular flexibility index (Phi) is 4.03. The molecule has 0 amide bonds. The molecular formula is C18H14BO2. The van der Waals surface area contributed by atoms with Crippen molar-refractivity contribution < 1.29 is 9.68 Å². The summed E-state index contributed by atoms with van der Waals surface area (Å²) in [5.41, 5.74) is 4.32. The summed E-state index contributed by atoms with van der Waals surface area (Å²) < 4.78 is 5.16. The average molecular weight is 273 g/mol. The molecule has 0 aliphatic carbocycles. The molecule has 0 atom stereocenters. The molecular weight excluding hydrogens is 259 g/mol. The largest absolute Gasteiger partial charge is 0.569 e. The van der Waals surface area contributed by atoms with E-state index in [1.165, 1.54) is 0 Å². The third-order valence-electron chi connectivity index (χ3n) is 3.31. The highest BCUT2D eigenvalue weighted by molar-refractivity contribution is 6.17. The van der Waals surface area contributed by atoms with Gasteiger partial charge < -0.3 is 9.68 Å². The zero-order valence-corrected chi connectivity index (χ0v) is 11.4. The van der Waals surface area contributed by atoms with Crippen LogP contribution in [0.1, 0.15) is 0 Å². The summed E-state index contributed by atoms with van der Waals surface area (Å²) in [5, 5.41) is 8.90. The first-order chi connectivity index (χ1) is 10.4. The van der Waals surface area contributed by atoms with E-state index < -0.39 is 0 Å². The second-order valence-corrected chi connectivity index (χ2v) is 4.70. The van der Waals surface area contributed by atoms with E-state index in [-0.39, 0.29) is 0 Å². The number of rotatable bonds is 4. The van der Waals surface area contributed by atoms with Crippen molar-refractivity contribution in [1.29, 1.82) is 0 Å². The maximum absolute atomic E-state index is 8.90. The Hall–Kier alpha value is -2.52. The van der Waals surface area contributed by atoms with Crippen LogP contribution < -0.4 is 4.65 Å². The molecule has 21 heavy (non-hydrogen) atoms. The van der Waals surface area contributed by atoms with E-state index in [0.29, 0.717) is 13.4 Å². The van der Waals surface area contributed by atoms with E-state index >= 15 is 0 Å². The van der Waals surface area contributed by atoms with Crippen molar-refractivity contribution in [3.63, 3.8) is 0 Å². The van der Waals surface area contributed by atoms with Crippen LogP contribution in [0, 0.1) is 0 Å². The molecule has 0 unspecified atom stereocenters. The van der Waals surface area contributed by atoms with E-state index in [9.17, 15) is 0 Å². The zero-order chi connectivity index (χ0) is 14.5. The lowest BCUT2D eigenvalue weighted by Crippen LogP contribution is -2.00. The first-order valence-electron chi connectivity index (χ1n) is 6.75. The second kappa shape index (κ2) is 6.29. The van der Waals surface area contributed by atoms with E-state index in [2.05, 4.69) is 30.3 Å². The van der Waals surface area contributed by atoms with Crippen molar-refractivity contribution >= 4 is 7.69 Å². The van der Waals surface area contributed by atoms with Crippen molar-refractivity contribution in [3.8, 4) is 28.0 Å². The Balaban J connectivity index is 2.11. The highest BCUT2D eigenvalue weighted by atomic mass is 16.5. The average Bonchev–Trinajstić information content (AvgIpc) is 2.56. The Morgan fingerprint density at radius 3 is 1.52 bits per heavy atom. The molecule has 3 rings (SSSR count). The van der Waals surface area contributed by atoms with Gasteiger partial charge in [0.05, 0.1) is 0 Å². The van der Waals surface area contributed by atoms with Gasteiger partial charge in [-0.25, -0.2) is 0 Å². The second-order valence-electron chi connectivity index (χ2n) is 4.70. The van der Waals surface area contributed by atoms with Crippen molar-refractivity contribution in [2.24, 2.45) is 0 Å². The van der Waals surface area contributed by atoms with E-state index in [0.717, 1.165) is 22.3 Å². The molecule has 2 nitrogen and oxygen atoms in total. The Morgan fingerprint density at radius 2 is 1.10 bits per heavy atom. The molecule has 3 heteroatoms. The Bertz CT molecular complexity index is 654. The quantitative estimate of drug-likeness (QED) is 0.730. The number of benzene rings is 3. The molecule has 0 spiro atoms. The maximum atomic E-state index is 8.90. The molecule has 0 bridgehead atoms. The van der Waals surface area contributed by atoms with E-state index in [1.807, 2.05) is 48.5 Å². The molecule has 0 saturated carbocycles. The third kappa shape index (κ3) is 3.15. The third-order valence-corrected chi connectivity index (χ3v) is 3.31. The van der Waals surface area contributed by atoms with Crippen LogP contribution in [0.3, 0.4) is 0 Å². The van der Waals surface area contributed by atoms with Crippen LogP contribution in [0.25, 0.3) is 22.3 Å². The molecule has 0 fully saturated rings. The summed E-state index contributed by atoms with van der Waals surface area (Å²) in [7, 11) is 0.707. The van der Waals surface area contributed by atoms with Gasteiger partial charge in [-0.3, -0.25) is 0 Å². The van der Waals surface area contributed by atoms with Gasteiger partial charge >= 0.3 is 7.69 Å². The molecule has 101 valence electrons. The fraction of sp³-hybridized carbons (Fsp3) is 0. The minimum Gasteiger partial charge on any atom is -0.537 e. The van der Waals surface area contributed by atoms with Crippen LogP contribution in [0.5, 0.6) is 5.75 Å². The Morgan fingerprint density at radius 1 is 0.619 bits per heavy atom. The van der Waals surface area contributed by atoms with Crippen LogP contribution in [0.15, 0.2) is 78.9 Å². The minimum atomic E-state index is 0.609. The van der Waals surface area contributed by atoms with Crippen LogP contribution in [0.4, 0.5) is 0 Å². The predicted molar refractivity (Wildman–Crippen MR) is 85.9 cm³/mol. The molecule has 3 aromatic carbocycles. The lowest BCUT2D eigenvalue weighted by atomic mass is 9.98. The highest BCUT2D eigenvalue weighted by Gasteiger charge is 2.06. The number of hydrogen-bond acceptors (Lipinski definition) is 2. The van der Waals surface area contributed by atoms with Gasteiger partial charge in [-0.1, -0.05) is 60.7 Å². The summed E-state index contributed by atoms with van der Waals surface area (Å²) in [5.74, 6) is 0.609. The Labute approximate surface area is 125 Å². The van der Waals surface area contributed by atoms with Crippen molar-refractivity contribution in [1.82, 2.24) is 0 Å². The smallest absolute Gasteiger partial charge is 0.537 e. The lowest BCUT2D eigenvalue weighted by Gasteiger charge is -2.10. The van der Waals surface area contributed by atoms with E-state index in [1.54, 1.807) is 0 Å². The molecule has 0 aliphatic rings. The van der Waals surface area contributed by atoms with Crippen LogP contribution in [-0.2, 0) is 0 Å². The van der Waals surface area contributed by atoms with E-state index in [4.69, 9.17) is 9.68 Å². The summed E-state index contributed by atoms with van der Waals surface area (Å²) in [6.07, 6.45) is 0. The van der Waals surface area contributed by atoms with Gasteiger partial charge in [0.1, 0.15) is 5.75 Å². The molecule has 1 N–H and O–H groups in total.